The smallest absolute Gasteiger partial charge is 0.236 e. The molecule has 0 bridgehead atoms. The summed E-state index contributed by atoms with van der Waals surface area (Å²) in [7, 11) is 0. The first kappa shape index (κ1) is 17.4. The summed E-state index contributed by atoms with van der Waals surface area (Å²) in [4.78, 5) is 18.8. The van der Waals surface area contributed by atoms with Gasteiger partial charge >= 0.3 is 0 Å². The first-order chi connectivity index (χ1) is 10.6. The van der Waals surface area contributed by atoms with Gasteiger partial charge in [-0.05, 0) is 31.5 Å². The van der Waals surface area contributed by atoms with Crippen LogP contribution in [0.1, 0.15) is 19.4 Å². The molecule has 0 spiro atoms. The quantitative estimate of drug-likeness (QED) is 0.772. The summed E-state index contributed by atoms with van der Waals surface area (Å²) in [5, 5.41) is 0. The molecule has 0 aromatic heterocycles. The highest BCUT2D eigenvalue weighted by atomic mass is 79.9. The Bertz CT molecular complexity index is 465. The second kappa shape index (κ2) is 8.65. The highest BCUT2D eigenvalue weighted by molar-refractivity contribution is 9.10. The Morgan fingerprint density at radius 2 is 1.59 bits per heavy atom. The van der Waals surface area contributed by atoms with E-state index in [0.717, 1.165) is 50.3 Å². The van der Waals surface area contributed by atoms with Gasteiger partial charge in [0, 0.05) is 50.3 Å². The summed E-state index contributed by atoms with van der Waals surface area (Å²) in [5.74, 6) is 0.256. The molecule has 5 heteroatoms. The number of likely N-dealkylation sites (N-methyl/N-ethyl adjacent to an activating group) is 1. The number of carbonyl (C=O) groups is 1. The van der Waals surface area contributed by atoms with Gasteiger partial charge in [0.15, 0.2) is 0 Å². The van der Waals surface area contributed by atoms with Crippen LogP contribution >= 0.6 is 15.9 Å². The fourth-order valence-electron chi connectivity index (χ4n) is 2.82. The lowest BCUT2D eigenvalue weighted by Crippen LogP contribution is -2.49. The van der Waals surface area contributed by atoms with E-state index in [9.17, 15) is 4.79 Å². The molecule has 1 heterocycles. The monoisotopic (exact) mass is 367 g/mol. The second-order valence-electron chi connectivity index (χ2n) is 5.74. The van der Waals surface area contributed by atoms with E-state index in [1.807, 2.05) is 18.7 Å². The molecule has 1 aromatic carbocycles. The zero-order chi connectivity index (χ0) is 15.9. The second-order valence-corrected chi connectivity index (χ2v) is 6.66. The Balaban J connectivity index is 1.75. The summed E-state index contributed by atoms with van der Waals surface area (Å²) in [6.45, 7) is 11.3. The summed E-state index contributed by atoms with van der Waals surface area (Å²) < 4.78 is 1.12. The Labute approximate surface area is 142 Å². The molecule has 0 N–H and O–H groups in total. The molecule has 0 radical (unpaired) electrons. The van der Waals surface area contributed by atoms with Crippen molar-refractivity contribution in [3.05, 3.63) is 34.3 Å². The third kappa shape index (κ3) is 5.07. The lowest BCUT2D eigenvalue weighted by Gasteiger charge is -2.35. The van der Waals surface area contributed by atoms with E-state index >= 15 is 0 Å². The molecule has 1 amide bonds. The van der Waals surface area contributed by atoms with E-state index in [0.29, 0.717) is 6.54 Å². The third-order valence-corrected chi connectivity index (χ3v) is 4.79. The van der Waals surface area contributed by atoms with Crippen LogP contribution in [0.5, 0.6) is 0 Å². The van der Waals surface area contributed by atoms with Crippen molar-refractivity contribution in [3.63, 3.8) is 0 Å². The van der Waals surface area contributed by atoms with E-state index in [-0.39, 0.29) is 5.91 Å². The van der Waals surface area contributed by atoms with Gasteiger partial charge in [-0.1, -0.05) is 28.1 Å². The predicted molar refractivity (Wildman–Crippen MR) is 93.8 cm³/mol. The van der Waals surface area contributed by atoms with Crippen LogP contribution in [-0.4, -0.2) is 66.4 Å². The number of rotatable bonds is 6. The van der Waals surface area contributed by atoms with Crippen molar-refractivity contribution in [2.75, 3.05) is 45.8 Å². The van der Waals surface area contributed by atoms with Gasteiger partial charge in [-0.2, -0.15) is 0 Å². The average Bonchev–Trinajstić information content (AvgIpc) is 2.53. The van der Waals surface area contributed by atoms with Crippen LogP contribution in [0.2, 0.25) is 0 Å². The minimum Gasteiger partial charge on any atom is -0.342 e. The van der Waals surface area contributed by atoms with Crippen LogP contribution in [0.3, 0.4) is 0 Å². The highest BCUT2D eigenvalue weighted by Gasteiger charge is 2.20. The number of amides is 1. The number of carbonyl (C=O) groups excluding carboxylic acids is 1. The van der Waals surface area contributed by atoms with Crippen molar-refractivity contribution >= 4 is 21.8 Å². The number of hydrogen-bond donors (Lipinski definition) is 0. The topological polar surface area (TPSA) is 26.8 Å². The number of hydrogen-bond acceptors (Lipinski definition) is 3. The van der Waals surface area contributed by atoms with Crippen molar-refractivity contribution in [3.8, 4) is 0 Å². The highest BCUT2D eigenvalue weighted by Crippen LogP contribution is 2.13. The van der Waals surface area contributed by atoms with Crippen LogP contribution in [0.4, 0.5) is 0 Å². The van der Waals surface area contributed by atoms with Crippen molar-refractivity contribution < 1.29 is 4.79 Å². The SMILES string of the molecule is CCN(CC)C(=O)CN1CCN(Cc2ccc(Br)cc2)CC1. The fraction of sp³-hybridized carbons (Fsp3) is 0.588. The fourth-order valence-corrected chi connectivity index (χ4v) is 3.09. The molecule has 1 saturated heterocycles. The van der Waals surface area contributed by atoms with Crippen LogP contribution in [-0.2, 0) is 11.3 Å². The molecule has 2 rings (SSSR count). The van der Waals surface area contributed by atoms with Gasteiger partial charge in [-0.25, -0.2) is 0 Å². The molecule has 122 valence electrons. The van der Waals surface area contributed by atoms with Crippen molar-refractivity contribution in [1.82, 2.24) is 14.7 Å². The lowest BCUT2D eigenvalue weighted by atomic mass is 10.2. The maximum Gasteiger partial charge on any atom is 0.236 e. The number of piperazine rings is 1. The van der Waals surface area contributed by atoms with Gasteiger partial charge in [-0.15, -0.1) is 0 Å². The summed E-state index contributed by atoms with van der Waals surface area (Å²) in [5.41, 5.74) is 1.34. The Hall–Kier alpha value is -0.910. The number of nitrogens with zero attached hydrogens (tertiary/aromatic N) is 3. The van der Waals surface area contributed by atoms with Crippen molar-refractivity contribution in [2.24, 2.45) is 0 Å². The van der Waals surface area contributed by atoms with Gasteiger partial charge in [-0.3, -0.25) is 14.6 Å². The molecule has 0 atom stereocenters. The van der Waals surface area contributed by atoms with Gasteiger partial charge < -0.3 is 4.90 Å². The molecule has 1 aromatic rings. The zero-order valence-electron chi connectivity index (χ0n) is 13.6. The van der Waals surface area contributed by atoms with Crippen LogP contribution < -0.4 is 0 Å². The largest absolute Gasteiger partial charge is 0.342 e. The molecule has 0 saturated carbocycles. The Morgan fingerprint density at radius 1 is 1.05 bits per heavy atom. The zero-order valence-corrected chi connectivity index (χ0v) is 15.2. The summed E-state index contributed by atoms with van der Waals surface area (Å²) in [6, 6.07) is 8.52. The average molecular weight is 368 g/mol. The van der Waals surface area contributed by atoms with E-state index < -0.39 is 0 Å². The minimum absolute atomic E-state index is 0.256. The molecule has 4 nitrogen and oxygen atoms in total. The maximum atomic E-state index is 12.1. The first-order valence-electron chi connectivity index (χ1n) is 8.09. The lowest BCUT2D eigenvalue weighted by molar-refractivity contribution is -0.132. The van der Waals surface area contributed by atoms with Crippen molar-refractivity contribution in [1.29, 1.82) is 0 Å². The van der Waals surface area contributed by atoms with Gasteiger partial charge in [0.2, 0.25) is 5.91 Å². The van der Waals surface area contributed by atoms with E-state index in [2.05, 4.69) is 50.0 Å². The van der Waals surface area contributed by atoms with Gasteiger partial charge in [0.25, 0.3) is 0 Å². The van der Waals surface area contributed by atoms with E-state index in [1.165, 1.54) is 5.56 Å². The third-order valence-electron chi connectivity index (χ3n) is 4.26. The van der Waals surface area contributed by atoms with Crippen LogP contribution in [0.25, 0.3) is 0 Å². The molecule has 1 fully saturated rings. The van der Waals surface area contributed by atoms with E-state index in [4.69, 9.17) is 0 Å². The molecule has 1 aliphatic rings. The Morgan fingerprint density at radius 3 is 2.14 bits per heavy atom. The van der Waals surface area contributed by atoms with Gasteiger partial charge in [0.1, 0.15) is 0 Å². The first-order valence-corrected chi connectivity index (χ1v) is 8.88. The number of benzene rings is 1. The van der Waals surface area contributed by atoms with Crippen LogP contribution in [0.15, 0.2) is 28.7 Å². The molecule has 22 heavy (non-hydrogen) atoms. The van der Waals surface area contributed by atoms with Crippen LogP contribution in [0, 0.1) is 0 Å². The maximum absolute atomic E-state index is 12.1. The summed E-state index contributed by atoms with van der Waals surface area (Å²) >= 11 is 3.47. The predicted octanol–water partition coefficient (Wildman–Crippen LogP) is 2.44. The molecule has 0 aliphatic carbocycles. The molecule has 0 unspecified atom stereocenters. The number of halogens is 1. The Kier molecular flexibility index (Phi) is 6.86. The molecule has 1 aliphatic heterocycles. The van der Waals surface area contributed by atoms with Gasteiger partial charge in [0.05, 0.1) is 6.54 Å². The van der Waals surface area contributed by atoms with Crippen molar-refractivity contribution in [2.45, 2.75) is 20.4 Å². The molecular formula is C17H26BrN3O. The van der Waals surface area contributed by atoms with E-state index in [1.54, 1.807) is 0 Å². The summed E-state index contributed by atoms with van der Waals surface area (Å²) in [6.07, 6.45) is 0. The minimum atomic E-state index is 0.256. The standard InChI is InChI=1S/C17H26BrN3O/c1-3-21(4-2)17(22)14-20-11-9-19(10-12-20)13-15-5-7-16(18)8-6-15/h5-8H,3-4,9-14H2,1-2H3. The molecular weight excluding hydrogens is 342 g/mol. The normalized spacial score (nSPS) is 16.7.